The zero-order valence-electron chi connectivity index (χ0n) is 20.8. The van der Waals surface area contributed by atoms with E-state index in [4.69, 9.17) is 9.47 Å². The number of nitrogens with zero attached hydrogens (tertiary/aromatic N) is 3. The lowest BCUT2D eigenvalue weighted by Gasteiger charge is -2.36. The minimum atomic E-state index is -0.932. The summed E-state index contributed by atoms with van der Waals surface area (Å²) in [5, 5.41) is 11.8. The smallest absolute Gasteiger partial charge is 0.347 e. The Morgan fingerprint density at radius 1 is 1.11 bits per heavy atom. The van der Waals surface area contributed by atoms with E-state index in [-0.39, 0.29) is 23.2 Å². The molecule has 0 saturated carbocycles. The molecule has 0 N–H and O–H groups in total. The van der Waals surface area contributed by atoms with Gasteiger partial charge >= 0.3 is 11.7 Å². The first-order valence-electron chi connectivity index (χ1n) is 12.0. The number of hydrogen-bond acceptors (Lipinski definition) is 7. The maximum Gasteiger partial charge on any atom is 0.347 e. The fourth-order valence-electron chi connectivity index (χ4n) is 4.37. The van der Waals surface area contributed by atoms with Crippen LogP contribution >= 0.6 is 0 Å². The third-order valence-electron chi connectivity index (χ3n) is 6.40. The standard InChI is InChI=1S/C26H34FN3O5/c1-18(2)22-12-7-19(3)24(30(32)33)25(22)35-23(26(31)34-4)6-5-13-28-14-16-29(17-15-28)21-10-8-20(27)9-11-21/h7-12,18,23H,5-6,13-17H2,1-4H3. The highest BCUT2D eigenvalue weighted by atomic mass is 19.1. The summed E-state index contributed by atoms with van der Waals surface area (Å²) in [5.41, 5.74) is 2.07. The van der Waals surface area contributed by atoms with Crippen LogP contribution in [0.2, 0.25) is 0 Å². The number of anilines is 1. The van der Waals surface area contributed by atoms with Crippen LogP contribution < -0.4 is 9.64 Å². The Morgan fingerprint density at radius 2 is 1.77 bits per heavy atom. The maximum absolute atomic E-state index is 13.2. The fourth-order valence-corrected chi connectivity index (χ4v) is 4.37. The van der Waals surface area contributed by atoms with Crippen LogP contribution in [0.4, 0.5) is 15.8 Å². The van der Waals surface area contributed by atoms with Crippen molar-refractivity contribution in [1.82, 2.24) is 4.90 Å². The van der Waals surface area contributed by atoms with E-state index >= 15 is 0 Å². The Balaban J connectivity index is 1.62. The van der Waals surface area contributed by atoms with E-state index in [1.54, 1.807) is 25.1 Å². The molecule has 1 aliphatic heterocycles. The number of carbonyl (C=O) groups is 1. The number of nitro benzene ring substituents is 1. The average molecular weight is 488 g/mol. The third kappa shape index (κ3) is 6.69. The number of rotatable bonds is 10. The van der Waals surface area contributed by atoms with Crippen molar-refractivity contribution in [2.24, 2.45) is 0 Å². The molecule has 1 saturated heterocycles. The maximum atomic E-state index is 13.2. The predicted molar refractivity (Wildman–Crippen MR) is 133 cm³/mol. The number of hydrogen-bond donors (Lipinski definition) is 0. The lowest BCUT2D eigenvalue weighted by molar-refractivity contribution is -0.386. The molecule has 35 heavy (non-hydrogen) atoms. The van der Waals surface area contributed by atoms with E-state index < -0.39 is 17.0 Å². The van der Waals surface area contributed by atoms with Crippen LogP contribution in [-0.2, 0) is 9.53 Å². The lowest BCUT2D eigenvalue weighted by atomic mass is 9.98. The van der Waals surface area contributed by atoms with Crippen molar-refractivity contribution < 1.29 is 23.6 Å². The van der Waals surface area contributed by atoms with E-state index in [1.165, 1.54) is 19.2 Å². The summed E-state index contributed by atoms with van der Waals surface area (Å²) in [6.45, 7) is 9.64. The number of benzene rings is 2. The Labute approximate surface area is 205 Å². The van der Waals surface area contributed by atoms with Gasteiger partial charge in [-0.05, 0) is 56.5 Å². The van der Waals surface area contributed by atoms with Gasteiger partial charge in [0.1, 0.15) is 5.82 Å². The second-order valence-corrected chi connectivity index (χ2v) is 9.14. The van der Waals surface area contributed by atoms with Crippen LogP contribution in [0.25, 0.3) is 0 Å². The molecule has 8 nitrogen and oxygen atoms in total. The number of ether oxygens (including phenoxy) is 2. The van der Waals surface area contributed by atoms with Crippen LogP contribution in [0.3, 0.4) is 0 Å². The molecule has 0 aromatic heterocycles. The van der Waals surface area contributed by atoms with Gasteiger partial charge in [-0.1, -0.05) is 26.0 Å². The van der Waals surface area contributed by atoms with Gasteiger partial charge in [0.25, 0.3) is 0 Å². The third-order valence-corrected chi connectivity index (χ3v) is 6.40. The van der Waals surface area contributed by atoms with E-state index in [0.29, 0.717) is 24.0 Å². The molecular weight excluding hydrogens is 453 g/mol. The van der Waals surface area contributed by atoms with Crippen molar-refractivity contribution in [3.05, 3.63) is 63.5 Å². The summed E-state index contributed by atoms with van der Waals surface area (Å²) in [6, 6.07) is 10.0. The van der Waals surface area contributed by atoms with Crippen LogP contribution in [0.1, 0.15) is 43.7 Å². The zero-order valence-corrected chi connectivity index (χ0v) is 20.8. The molecule has 0 amide bonds. The molecule has 1 atom stereocenters. The van der Waals surface area contributed by atoms with Crippen LogP contribution in [0.5, 0.6) is 5.75 Å². The van der Waals surface area contributed by atoms with Gasteiger partial charge in [-0.25, -0.2) is 9.18 Å². The van der Waals surface area contributed by atoms with Crippen molar-refractivity contribution in [2.45, 2.75) is 45.6 Å². The summed E-state index contributed by atoms with van der Waals surface area (Å²) in [4.78, 5) is 28.4. The van der Waals surface area contributed by atoms with Crippen molar-refractivity contribution >= 4 is 17.3 Å². The van der Waals surface area contributed by atoms with Crippen molar-refractivity contribution in [3.63, 3.8) is 0 Å². The molecule has 1 fully saturated rings. The first kappa shape index (κ1) is 26.4. The Kier molecular flexibility index (Phi) is 9.03. The Morgan fingerprint density at radius 3 is 2.34 bits per heavy atom. The Bertz CT molecular complexity index is 1020. The molecule has 0 aliphatic carbocycles. The van der Waals surface area contributed by atoms with Gasteiger partial charge in [0.15, 0.2) is 6.10 Å². The van der Waals surface area contributed by atoms with Gasteiger partial charge in [0.05, 0.1) is 12.0 Å². The lowest BCUT2D eigenvalue weighted by Crippen LogP contribution is -2.46. The summed E-state index contributed by atoms with van der Waals surface area (Å²) in [7, 11) is 1.29. The van der Waals surface area contributed by atoms with E-state index in [0.717, 1.165) is 38.4 Å². The minimum Gasteiger partial charge on any atom is -0.471 e. The molecule has 1 heterocycles. The SMILES string of the molecule is COC(=O)C(CCCN1CCN(c2ccc(F)cc2)CC1)Oc1c(C(C)C)ccc(C)c1[N+](=O)[O-]. The highest BCUT2D eigenvalue weighted by Crippen LogP contribution is 2.39. The summed E-state index contributed by atoms with van der Waals surface area (Å²) in [5.74, 6) is -0.656. The molecule has 9 heteroatoms. The second kappa shape index (κ2) is 12.0. The van der Waals surface area contributed by atoms with E-state index in [1.807, 2.05) is 19.9 Å². The number of piperazine rings is 1. The molecule has 2 aromatic rings. The van der Waals surface area contributed by atoms with Crippen LogP contribution in [0, 0.1) is 22.9 Å². The summed E-state index contributed by atoms with van der Waals surface area (Å²) in [6.07, 6.45) is 0.124. The van der Waals surface area contributed by atoms with Gasteiger partial charge < -0.3 is 14.4 Å². The largest absolute Gasteiger partial charge is 0.471 e. The van der Waals surface area contributed by atoms with Crippen molar-refractivity contribution in [1.29, 1.82) is 0 Å². The van der Waals surface area contributed by atoms with Gasteiger partial charge in [-0.2, -0.15) is 0 Å². The number of aryl methyl sites for hydroxylation is 1. The first-order chi connectivity index (χ1) is 16.7. The van der Waals surface area contributed by atoms with Crippen molar-refractivity contribution in [3.8, 4) is 5.75 Å². The van der Waals surface area contributed by atoms with E-state index in [2.05, 4.69) is 9.80 Å². The van der Waals surface area contributed by atoms with Gasteiger partial charge in [-0.3, -0.25) is 15.0 Å². The highest BCUT2D eigenvalue weighted by molar-refractivity contribution is 5.75. The molecule has 2 aromatic carbocycles. The second-order valence-electron chi connectivity index (χ2n) is 9.14. The molecule has 0 spiro atoms. The van der Waals surface area contributed by atoms with Crippen LogP contribution in [0.15, 0.2) is 36.4 Å². The number of nitro groups is 1. The molecule has 0 radical (unpaired) electrons. The fraction of sp³-hybridized carbons (Fsp3) is 0.500. The minimum absolute atomic E-state index is 0.0139. The monoisotopic (exact) mass is 487 g/mol. The predicted octanol–water partition coefficient (Wildman–Crippen LogP) is 4.69. The number of esters is 1. The number of methoxy groups -OCH3 is 1. The van der Waals surface area contributed by atoms with Crippen LogP contribution in [-0.4, -0.2) is 61.7 Å². The molecular formula is C26H34FN3O5. The average Bonchev–Trinajstić information content (AvgIpc) is 2.83. The molecule has 1 unspecified atom stereocenters. The molecule has 1 aliphatic rings. The zero-order chi connectivity index (χ0) is 25.5. The first-order valence-corrected chi connectivity index (χ1v) is 12.0. The van der Waals surface area contributed by atoms with Crippen molar-refractivity contribution in [2.75, 3.05) is 44.7 Å². The summed E-state index contributed by atoms with van der Waals surface area (Å²) < 4.78 is 24.2. The topological polar surface area (TPSA) is 85.2 Å². The molecule has 3 rings (SSSR count). The van der Waals surface area contributed by atoms with Gasteiger partial charge in [0.2, 0.25) is 5.75 Å². The number of carbonyl (C=O) groups excluding carboxylic acids is 1. The highest BCUT2D eigenvalue weighted by Gasteiger charge is 2.30. The van der Waals surface area contributed by atoms with Gasteiger partial charge in [-0.15, -0.1) is 0 Å². The summed E-state index contributed by atoms with van der Waals surface area (Å²) >= 11 is 0. The number of halogens is 1. The molecule has 0 bridgehead atoms. The molecule has 190 valence electrons. The normalized spacial score (nSPS) is 15.2. The quantitative estimate of drug-likeness (QED) is 0.273. The van der Waals surface area contributed by atoms with Gasteiger partial charge in [0, 0.05) is 43.0 Å². The Hall–Kier alpha value is -3.20. The van der Waals surface area contributed by atoms with E-state index in [9.17, 15) is 19.3 Å².